The lowest BCUT2D eigenvalue weighted by Crippen LogP contribution is -2.31. The zero-order valence-electron chi connectivity index (χ0n) is 14.5. The van der Waals surface area contributed by atoms with E-state index in [1.165, 1.54) is 36.2 Å². The average molecular weight is 349 g/mol. The van der Waals surface area contributed by atoms with Crippen molar-refractivity contribution in [2.75, 3.05) is 6.54 Å². The first-order chi connectivity index (χ1) is 12.7. The zero-order chi connectivity index (χ0) is 17.5. The maximum absolute atomic E-state index is 13.1. The van der Waals surface area contributed by atoms with Crippen LogP contribution in [0.1, 0.15) is 41.7 Å². The molecule has 0 saturated heterocycles. The van der Waals surface area contributed by atoms with Crippen molar-refractivity contribution in [2.45, 2.75) is 38.3 Å². The van der Waals surface area contributed by atoms with E-state index < -0.39 is 0 Å². The zero-order valence-corrected chi connectivity index (χ0v) is 14.5. The molecule has 0 spiro atoms. The van der Waals surface area contributed by atoms with Crippen LogP contribution in [0.15, 0.2) is 36.7 Å². The number of rotatable bonds is 4. The van der Waals surface area contributed by atoms with Gasteiger partial charge in [0, 0.05) is 42.9 Å². The van der Waals surface area contributed by atoms with E-state index in [2.05, 4.69) is 19.9 Å². The van der Waals surface area contributed by atoms with E-state index in [0.717, 1.165) is 49.0 Å². The van der Waals surface area contributed by atoms with Crippen LogP contribution >= 0.6 is 0 Å². The first-order valence-corrected chi connectivity index (χ1v) is 9.11. The van der Waals surface area contributed by atoms with Gasteiger partial charge in [0.15, 0.2) is 0 Å². The van der Waals surface area contributed by atoms with Gasteiger partial charge in [-0.2, -0.15) is 0 Å². The van der Waals surface area contributed by atoms with Gasteiger partial charge in [-0.05, 0) is 42.7 Å². The summed E-state index contributed by atoms with van der Waals surface area (Å²) >= 11 is 0. The Hall–Kier alpha value is -2.60. The summed E-state index contributed by atoms with van der Waals surface area (Å²) in [6, 6.07) is 6.46. The summed E-state index contributed by atoms with van der Waals surface area (Å²) in [5.74, 6) is 2.33. The summed E-state index contributed by atoms with van der Waals surface area (Å²) in [7, 11) is 0. The summed E-state index contributed by atoms with van der Waals surface area (Å²) in [4.78, 5) is 19.5. The number of hydrogen-bond donors (Lipinski definition) is 1. The molecule has 6 heteroatoms. The van der Waals surface area contributed by atoms with E-state index in [9.17, 15) is 4.39 Å². The average Bonchev–Trinajstić information content (AvgIpc) is 3.41. The third-order valence-corrected chi connectivity index (χ3v) is 5.13. The van der Waals surface area contributed by atoms with Crippen LogP contribution in [0, 0.1) is 5.82 Å². The van der Waals surface area contributed by atoms with Gasteiger partial charge in [-0.1, -0.05) is 0 Å². The summed E-state index contributed by atoms with van der Waals surface area (Å²) < 4.78 is 13.1. The van der Waals surface area contributed by atoms with Crippen LogP contribution in [0.4, 0.5) is 4.39 Å². The van der Waals surface area contributed by atoms with Crippen molar-refractivity contribution in [3.8, 4) is 11.3 Å². The lowest BCUT2D eigenvalue weighted by Gasteiger charge is -2.27. The van der Waals surface area contributed by atoms with Crippen molar-refractivity contribution < 1.29 is 4.39 Å². The van der Waals surface area contributed by atoms with Crippen LogP contribution < -0.4 is 0 Å². The molecule has 0 amide bonds. The van der Waals surface area contributed by atoms with Crippen molar-refractivity contribution in [1.82, 2.24) is 24.8 Å². The van der Waals surface area contributed by atoms with E-state index >= 15 is 0 Å². The lowest BCUT2D eigenvalue weighted by atomic mass is 10.1. The van der Waals surface area contributed by atoms with Crippen molar-refractivity contribution >= 4 is 0 Å². The van der Waals surface area contributed by atoms with Gasteiger partial charge in [0.2, 0.25) is 0 Å². The number of aromatic nitrogens is 4. The van der Waals surface area contributed by atoms with Gasteiger partial charge in [0.25, 0.3) is 0 Å². The van der Waals surface area contributed by atoms with Crippen LogP contribution in [0.2, 0.25) is 0 Å². The Kier molecular flexibility index (Phi) is 3.78. The Balaban J connectivity index is 1.28. The number of fused-ring (bicyclic) bond motifs is 1. The molecule has 3 heterocycles. The van der Waals surface area contributed by atoms with Crippen molar-refractivity contribution in [3.63, 3.8) is 0 Å². The molecule has 0 radical (unpaired) electrons. The van der Waals surface area contributed by atoms with Crippen molar-refractivity contribution in [1.29, 1.82) is 0 Å². The lowest BCUT2D eigenvalue weighted by molar-refractivity contribution is 0.237. The fourth-order valence-electron chi connectivity index (χ4n) is 3.49. The molecule has 1 aliphatic heterocycles. The minimum absolute atomic E-state index is 0.229. The van der Waals surface area contributed by atoms with Crippen molar-refractivity contribution in [3.05, 3.63) is 65.4 Å². The van der Waals surface area contributed by atoms with Gasteiger partial charge in [-0.15, -0.1) is 0 Å². The van der Waals surface area contributed by atoms with E-state index in [4.69, 9.17) is 4.98 Å². The minimum atomic E-state index is -0.229. The summed E-state index contributed by atoms with van der Waals surface area (Å²) in [5.41, 5.74) is 4.29. The number of halogens is 1. The van der Waals surface area contributed by atoms with Crippen LogP contribution in [-0.2, 0) is 19.5 Å². The van der Waals surface area contributed by atoms with Crippen LogP contribution in [0.3, 0.4) is 0 Å². The topological polar surface area (TPSA) is 57.7 Å². The van der Waals surface area contributed by atoms with E-state index in [0.29, 0.717) is 5.92 Å². The third kappa shape index (κ3) is 3.12. The number of hydrogen-bond acceptors (Lipinski definition) is 4. The van der Waals surface area contributed by atoms with Crippen LogP contribution in [-0.4, -0.2) is 31.4 Å². The molecule has 132 valence electrons. The molecule has 1 fully saturated rings. The predicted octanol–water partition coefficient (Wildman–Crippen LogP) is 3.44. The largest absolute Gasteiger partial charge is 0.341 e. The highest BCUT2D eigenvalue weighted by atomic mass is 19.1. The fourth-order valence-corrected chi connectivity index (χ4v) is 3.49. The fraction of sp³-hybridized carbons (Fsp3) is 0.350. The highest BCUT2D eigenvalue weighted by Crippen LogP contribution is 2.38. The SMILES string of the molecule is Fc1ccc(-c2cnc(CN3CCc4nc(C5CC5)ncc4C3)[nH]2)cc1. The van der Waals surface area contributed by atoms with Gasteiger partial charge >= 0.3 is 0 Å². The molecule has 5 rings (SSSR count). The van der Waals surface area contributed by atoms with Crippen molar-refractivity contribution in [2.24, 2.45) is 0 Å². The Morgan fingerprint density at radius 1 is 1.12 bits per heavy atom. The quantitative estimate of drug-likeness (QED) is 0.784. The molecular formula is C20H20FN5. The highest BCUT2D eigenvalue weighted by Gasteiger charge is 2.28. The molecule has 1 N–H and O–H groups in total. The summed E-state index contributed by atoms with van der Waals surface area (Å²) in [6.45, 7) is 2.58. The maximum Gasteiger partial charge on any atom is 0.131 e. The van der Waals surface area contributed by atoms with E-state index in [1.54, 1.807) is 12.1 Å². The van der Waals surface area contributed by atoms with Crippen LogP contribution in [0.5, 0.6) is 0 Å². The minimum Gasteiger partial charge on any atom is -0.341 e. The molecule has 1 saturated carbocycles. The van der Waals surface area contributed by atoms with Crippen LogP contribution in [0.25, 0.3) is 11.3 Å². The van der Waals surface area contributed by atoms with Gasteiger partial charge in [-0.3, -0.25) is 4.90 Å². The molecule has 2 aliphatic rings. The van der Waals surface area contributed by atoms with Gasteiger partial charge in [0.1, 0.15) is 17.5 Å². The molecule has 1 aliphatic carbocycles. The Labute approximate surface area is 151 Å². The molecule has 0 unspecified atom stereocenters. The van der Waals surface area contributed by atoms with Gasteiger partial charge < -0.3 is 4.98 Å². The number of nitrogens with zero attached hydrogens (tertiary/aromatic N) is 4. The molecule has 2 aromatic heterocycles. The highest BCUT2D eigenvalue weighted by molar-refractivity contribution is 5.58. The smallest absolute Gasteiger partial charge is 0.131 e. The molecule has 0 atom stereocenters. The first-order valence-electron chi connectivity index (χ1n) is 9.11. The van der Waals surface area contributed by atoms with Gasteiger partial charge in [-0.25, -0.2) is 19.3 Å². The van der Waals surface area contributed by atoms with Gasteiger partial charge in [0.05, 0.1) is 18.4 Å². The second kappa shape index (κ2) is 6.29. The molecular weight excluding hydrogens is 329 g/mol. The second-order valence-corrected chi connectivity index (χ2v) is 7.19. The molecule has 0 bridgehead atoms. The first kappa shape index (κ1) is 15.6. The Morgan fingerprint density at radius 2 is 1.96 bits per heavy atom. The number of H-pyrrole nitrogens is 1. The maximum atomic E-state index is 13.1. The number of aromatic amines is 1. The standard InChI is InChI=1S/C20H20FN5/c21-16-5-3-13(4-6-16)18-10-22-19(24-18)12-26-8-7-17-15(11-26)9-23-20(25-17)14-1-2-14/h3-6,9-10,14H,1-2,7-8,11-12H2,(H,22,24). The second-order valence-electron chi connectivity index (χ2n) is 7.19. The van der Waals surface area contributed by atoms with E-state index in [1.807, 2.05) is 12.4 Å². The van der Waals surface area contributed by atoms with E-state index in [-0.39, 0.29) is 5.82 Å². The summed E-state index contributed by atoms with van der Waals surface area (Å²) in [6.07, 6.45) is 7.25. The summed E-state index contributed by atoms with van der Waals surface area (Å²) in [5, 5.41) is 0. The molecule has 1 aromatic carbocycles. The molecule has 3 aromatic rings. The Morgan fingerprint density at radius 3 is 2.77 bits per heavy atom. The predicted molar refractivity (Wildman–Crippen MR) is 95.8 cm³/mol. The molecule has 26 heavy (non-hydrogen) atoms. The number of nitrogens with one attached hydrogen (secondary N) is 1. The number of imidazole rings is 1. The monoisotopic (exact) mass is 349 g/mol. The normalized spacial score (nSPS) is 17.3. The molecule has 5 nitrogen and oxygen atoms in total. The third-order valence-electron chi connectivity index (χ3n) is 5.13. The number of benzene rings is 1. The Bertz CT molecular complexity index is 930.